The third-order valence-corrected chi connectivity index (χ3v) is 6.21. The lowest BCUT2D eigenvalue weighted by atomic mass is 10.2. The van der Waals surface area contributed by atoms with Crippen molar-refractivity contribution in [3.63, 3.8) is 0 Å². The Kier molecular flexibility index (Phi) is 4.11. The first kappa shape index (κ1) is 17.2. The monoisotopic (exact) mass is 384 g/mol. The van der Waals surface area contributed by atoms with Gasteiger partial charge in [-0.05, 0) is 47.7 Å². The molecule has 0 saturated heterocycles. The molecule has 2 aromatic carbocycles. The second kappa shape index (κ2) is 6.47. The van der Waals surface area contributed by atoms with Crippen molar-refractivity contribution < 1.29 is 13.2 Å². The van der Waals surface area contributed by atoms with Crippen LogP contribution in [0.25, 0.3) is 5.69 Å². The van der Waals surface area contributed by atoms with E-state index in [-0.39, 0.29) is 17.2 Å². The van der Waals surface area contributed by atoms with E-state index in [1.54, 1.807) is 43.3 Å². The highest BCUT2D eigenvalue weighted by molar-refractivity contribution is 7.92. The summed E-state index contributed by atoms with van der Waals surface area (Å²) in [5.74, 6) is -0.227. The van der Waals surface area contributed by atoms with Gasteiger partial charge in [-0.25, -0.2) is 13.1 Å². The van der Waals surface area contributed by atoms with E-state index in [2.05, 4.69) is 20.8 Å². The molecule has 1 aliphatic rings. The predicted molar refractivity (Wildman–Crippen MR) is 98.0 cm³/mol. The van der Waals surface area contributed by atoms with Crippen molar-refractivity contribution in [2.45, 2.75) is 24.3 Å². The smallest absolute Gasteiger partial charge is 0.264 e. The quantitative estimate of drug-likeness (QED) is 0.734. The van der Waals surface area contributed by atoms with E-state index >= 15 is 0 Å². The summed E-state index contributed by atoms with van der Waals surface area (Å²) < 4.78 is 29.6. The Balaban J connectivity index is 1.84. The van der Waals surface area contributed by atoms with E-state index < -0.39 is 16.1 Å². The number of nitrogens with zero attached hydrogens (tertiary/aromatic N) is 5. The van der Waals surface area contributed by atoms with Crippen molar-refractivity contribution >= 4 is 27.3 Å². The summed E-state index contributed by atoms with van der Waals surface area (Å²) >= 11 is 0. The van der Waals surface area contributed by atoms with Crippen LogP contribution in [0.15, 0.2) is 59.8 Å². The molecule has 27 heavy (non-hydrogen) atoms. The van der Waals surface area contributed by atoms with Gasteiger partial charge in [0.1, 0.15) is 6.33 Å². The molecule has 4 rings (SSSR count). The van der Waals surface area contributed by atoms with Gasteiger partial charge in [0.25, 0.3) is 10.0 Å². The minimum atomic E-state index is -3.93. The summed E-state index contributed by atoms with van der Waals surface area (Å²) in [5, 5.41) is 13.7. The van der Waals surface area contributed by atoms with Crippen molar-refractivity contribution in [1.82, 2.24) is 20.2 Å². The van der Waals surface area contributed by atoms with Crippen LogP contribution < -0.4 is 9.62 Å². The van der Waals surface area contributed by atoms with Crippen LogP contribution in [-0.2, 0) is 14.8 Å². The maximum absolute atomic E-state index is 13.5. The van der Waals surface area contributed by atoms with Crippen molar-refractivity contribution in [2.24, 2.45) is 0 Å². The molecule has 0 bridgehead atoms. The van der Waals surface area contributed by atoms with Crippen molar-refractivity contribution in [2.75, 3.05) is 9.62 Å². The van der Waals surface area contributed by atoms with E-state index in [0.29, 0.717) is 17.1 Å². The van der Waals surface area contributed by atoms with Gasteiger partial charge in [-0.2, -0.15) is 0 Å². The number of para-hydroxylation sites is 2. The van der Waals surface area contributed by atoms with Crippen LogP contribution in [0.1, 0.15) is 13.3 Å². The fourth-order valence-electron chi connectivity index (χ4n) is 3.11. The van der Waals surface area contributed by atoms with Crippen LogP contribution in [0.3, 0.4) is 0 Å². The molecule has 0 saturated carbocycles. The molecule has 9 nitrogen and oxygen atoms in total. The number of aromatic nitrogens is 4. The number of nitrogens with one attached hydrogen (secondary N) is 1. The number of tetrazole rings is 1. The molecule has 138 valence electrons. The molecule has 1 aromatic heterocycles. The SMILES string of the molecule is C[C@H]1CC(=O)Nc2ccccc2N1S(=O)(=O)c1cccc(-n2cnnn2)c1. The van der Waals surface area contributed by atoms with Crippen LogP contribution >= 0.6 is 0 Å². The number of benzene rings is 2. The average molecular weight is 384 g/mol. The van der Waals surface area contributed by atoms with E-state index in [9.17, 15) is 13.2 Å². The number of sulfonamides is 1. The Labute approximate surface area is 155 Å². The second-order valence-corrected chi connectivity index (χ2v) is 7.99. The number of rotatable bonds is 3. The number of anilines is 2. The minimum Gasteiger partial charge on any atom is -0.324 e. The highest BCUT2D eigenvalue weighted by atomic mass is 32.2. The van der Waals surface area contributed by atoms with Gasteiger partial charge in [-0.3, -0.25) is 9.10 Å². The van der Waals surface area contributed by atoms with Crippen molar-refractivity contribution in [3.8, 4) is 5.69 Å². The predicted octanol–water partition coefficient (Wildman–Crippen LogP) is 1.59. The summed E-state index contributed by atoms with van der Waals surface area (Å²) in [5.41, 5.74) is 1.42. The lowest BCUT2D eigenvalue weighted by Crippen LogP contribution is -2.39. The first-order chi connectivity index (χ1) is 13.0. The molecule has 1 aliphatic heterocycles. The first-order valence-corrected chi connectivity index (χ1v) is 9.67. The number of fused-ring (bicyclic) bond motifs is 1. The summed E-state index contributed by atoms with van der Waals surface area (Å²) in [6, 6.07) is 12.7. The Morgan fingerprint density at radius 2 is 1.96 bits per heavy atom. The number of carbonyl (C=O) groups excluding carboxylic acids is 1. The Bertz CT molecular complexity index is 1100. The molecular formula is C17H16N6O3S. The topological polar surface area (TPSA) is 110 Å². The molecule has 10 heteroatoms. The van der Waals surface area contributed by atoms with Gasteiger partial charge < -0.3 is 5.32 Å². The molecule has 0 spiro atoms. The molecule has 2 heterocycles. The second-order valence-electron chi connectivity index (χ2n) is 6.17. The van der Waals surface area contributed by atoms with Crippen LogP contribution in [-0.4, -0.2) is 40.6 Å². The first-order valence-electron chi connectivity index (χ1n) is 8.23. The van der Waals surface area contributed by atoms with Gasteiger partial charge in [0.05, 0.1) is 28.0 Å². The third kappa shape index (κ3) is 3.04. The van der Waals surface area contributed by atoms with E-state index in [1.807, 2.05) is 0 Å². The van der Waals surface area contributed by atoms with Gasteiger partial charge in [-0.15, -0.1) is 5.10 Å². The van der Waals surface area contributed by atoms with Gasteiger partial charge in [0.2, 0.25) is 5.91 Å². The summed E-state index contributed by atoms with van der Waals surface area (Å²) in [4.78, 5) is 12.2. The molecule has 1 amide bonds. The number of hydrogen-bond acceptors (Lipinski definition) is 6. The average Bonchev–Trinajstić information content (AvgIpc) is 3.13. The zero-order valence-electron chi connectivity index (χ0n) is 14.3. The van der Waals surface area contributed by atoms with Gasteiger partial charge in [0.15, 0.2) is 0 Å². The summed E-state index contributed by atoms with van der Waals surface area (Å²) in [6.07, 6.45) is 1.44. The zero-order chi connectivity index (χ0) is 19.0. The molecule has 0 unspecified atom stereocenters. The van der Waals surface area contributed by atoms with E-state index in [4.69, 9.17) is 0 Å². The van der Waals surface area contributed by atoms with E-state index in [0.717, 1.165) is 0 Å². The van der Waals surface area contributed by atoms with Gasteiger partial charge in [0, 0.05) is 6.42 Å². The normalized spacial score (nSPS) is 17.1. The molecule has 0 aliphatic carbocycles. The molecule has 1 N–H and O–H groups in total. The van der Waals surface area contributed by atoms with Gasteiger partial charge >= 0.3 is 0 Å². The fourth-order valence-corrected chi connectivity index (χ4v) is 4.82. The highest BCUT2D eigenvalue weighted by Gasteiger charge is 2.34. The van der Waals surface area contributed by atoms with Crippen LogP contribution in [0.4, 0.5) is 11.4 Å². The molecule has 0 radical (unpaired) electrons. The van der Waals surface area contributed by atoms with Crippen molar-refractivity contribution in [3.05, 3.63) is 54.9 Å². The largest absolute Gasteiger partial charge is 0.324 e. The zero-order valence-corrected chi connectivity index (χ0v) is 15.2. The molecule has 1 atom stereocenters. The Morgan fingerprint density at radius 3 is 2.74 bits per heavy atom. The standard InChI is InChI=1S/C17H16N6O3S/c1-12-9-17(24)19-15-7-2-3-8-16(15)23(12)27(25,26)14-6-4-5-13(10-14)22-11-18-20-21-22/h2-8,10-12H,9H2,1H3,(H,19,24)/t12-/m0/s1. The molecule has 0 fully saturated rings. The maximum atomic E-state index is 13.5. The summed E-state index contributed by atoms with van der Waals surface area (Å²) in [7, 11) is -3.93. The van der Waals surface area contributed by atoms with Crippen molar-refractivity contribution in [1.29, 1.82) is 0 Å². The van der Waals surface area contributed by atoms with Crippen LogP contribution in [0.2, 0.25) is 0 Å². The number of carbonyl (C=O) groups is 1. The Morgan fingerprint density at radius 1 is 1.15 bits per heavy atom. The fraction of sp³-hybridized carbons (Fsp3) is 0.176. The van der Waals surface area contributed by atoms with Crippen LogP contribution in [0.5, 0.6) is 0 Å². The highest BCUT2D eigenvalue weighted by Crippen LogP contribution is 2.35. The minimum absolute atomic E-state index is 0.0561. The number of hydrogen-bond donors (Lipinski definition) is 1. The number of amides is 1. The summed E-state index contributed by atoms with van der Waals surface area (Å²) in [6.45, 7) is 1.71. The van der Waals surface area contributed by atoms with Crippen LogP contribution in [0, 0.1) is 0 Å². The Hall–Kier alpha value is -3.27. The lowest BCUT2D eigenvalue weighted by Gasteiger charge is -2.29. The van der Waals surface area contributed by atoms with E-state index in [1.165, 1.54) is 27.4 Å². The molecule has 3 aromatic rings. The lowest BCUT2D eigenvalue weighted by molar-refractivity contribution is -0.116. The molecular weight excluding hydrogens is 368 g/mol. The third-order valence-electron chi connectivity index (χ3n) is 4.28. The maximum Gasteiger partial charge on any atom is 0.264 e. The van der Waals surface area contributed by atoms with Gasteiger partial charge in [-0.1, -0.05) is 18.2 Å².